The van der Waals surface area contributed by atoms with E-state index in [-0.39, 0.29) is 21.6 Å². The van der Waals surface area contributed by atoms with E-state index in [9.17, 15) is 13.2 Å². The normalized spacial score (nSPS) is 14.9. The number of benzene rings is 2. The first-order chi connectivity index (χ1) is 13.2. The molecule has 28 heavy (non-hydrogen) atoms. The summed E-state index contributed by atoms with van der Waals surface area (Å²) in [4.78, 5) is 14.2. The van der Waals surface area contributed by atoms with Crippen LogP contribution in [0, 0.1) is 0 Å². The zero-order valence-electron chi connectivity index (χ0n) is 14.6. The summed E-state index contributed by atoms with van der Waals surface area (Å²) in [7, 11) is -3.76. The van der Waals surface area contributed by atoms with E-state index in [1.807, 2.05) is 25.1 Å². The van der Waals surface area contributed by atoms with Crippen LogP contribution in [0.25, 0.3) is 0 Å². The molecule has 2 aromatic carbocycles. The van der Waals surface area contributed by atoms with Crippen molar-refractivity contribution in [3.63, 3.8) is 0 Å². The Balaban J connectivity index is 1.76. The number of hydrogen-bond donors (Lipinski definition) is 3. The highest BCUT2D eigenvalue weighted by Gasteiger charge is 2.33. The molecule has 1 amide bonds. The van der Waals surface area contributed by atoms with Gasteiger partial charge in [0.15, 0.2) is 10.8 Å². The van der Waals surface area contributed by atoms with Gasteiger partial charge in [0.05, 0.1) is 10.6 Å². The van der Waals surface area contributed by atoms with Crippen LogP contribution in [0.15, 0.2) is 56.9 Å². The van der Waals surface area contributed by atoms with E-state index in [0.29, 0.717) is 17.8 Å². The molecule has 0 fully saturated rings. The van der Waals surface area contributed by atoms with Crippen LogP contribution in [0.5, 0.6) is 0 Å². The number of carbonyl (C=O) groups is 1. The third-order valence-corrected chi connectivity index (χ3v) is 5.59. The molecule has 0 aliphatic carbocycles. The molecule has 8 nitrogen and oxygen atoms in total. The van der Waals surface area contributed by atoms with Gasteiger partial charge in [0.2, 0.25) is 10.0 Å². The summed E-state index contributed by atoms with van der Waals surface area (Å²) < 4.78 is 23.4. The van der Waals surface area contributed by atoms with E-state index in [1.165, 1.54) is 24.3 Å². The van der Waals surface area contributed by atoms with Gasteiger partial charge in [-0.2, -0.15) is 5.10 Å². The minimum Gasteiger partial charge on any atom is -0.331 e. The molecule has 1 aliphatic rings. The van der Waals surface area contributed by atoms with Crippen LogP contribution < -0.4 is 20.8 Å². The molecule has 0 saturated heterocycles. The van der Waals surface area contributed by atoms with Crippen molar-refractivity contribution in [1.29, 1.82) is 0 Å². The summed E-state index contributed by atoms with van der Waals surface area (Å²) in [6.45, 7) is 2.41. The Labute approximate surface area is 176 Å². The van der Waals surface area contributed by atoms with Gasteiger partial charge < -0.3 is 10.2 Å². The van der Waals surface area contributed by atoms with Gasteiger partial charge in [-0.1, -0.05) is 15.9 Å². The predicted octanol–water partition coefficient (Wildman–Crippen LogP) is 2.15. The second-order valence-electron chi connectivity index (χ2n) is 5.81. The predicted molar refractivity (Wildman–Crippen MR) is 116 cm³/mol. The highest BCUT2D eigenvalue weighted by molar-refractivity contribution is 9.10. The molecule has 11 heteroatoms. The van der Waals surface area contributed by atoms with E-state index < -0.39 is 10.0 Å². The van der Waals surface area contributed by atoms with Crippen LogP contribution in [0.4, 0.5) is 11.4 Å². The standard InChI is InChI=1S/C17H16BrN5O3S2/c1-2-23-14-8-3-10(18)9-13(14)15(16(23)24)21-22-17(27)20-11-4-6-12(7-5-11)28(19,25)26/h3-9H,2H2,1H3,(H2,19,25,26)(H2,20,22,27). The fraction of sp³-hybridized carbons (Fsp3) is 0.118. The third kappa shape index (κ3) is 4.22. The van der Waals surface area contributed by atoms with Crippen LogP contribution in [0.3, 0.4) is 0 Å². The lowest BCUT2D eigenvalue weighted by Crippen LogP contribution is -2.32. The largest absolute Gasteiger partial charge is 0.331 e. The second kappa shape index (κ2) is 7.95. The first-order valence-electron chi connectivity index (χ1n) is 8.10. The molecule has 0 bridgehead atoms. The molecular formula is C17H16BrN5O3S2. The number of amides is 1. The number of hydrazone groups is 1. The highest BCUT2D eigenvalue weighted by Crippen LogP contribution is 2.31. The second-order valence-corrected chi connectivity index (χ2v) is 8.69. The van der Waals surface area contributed by atoms with E-state index in [4.69, 9.17) is 17.4 Å². The maximum absolute atomic E-state index is 12.6. The van der Waals surface area contributed by atoms with Gasteiger partial charge in [-0.05, 0) is 61.6 Å². The first kappa shape index (κ1) is 20.4. The number of fused-ring (bicyclic) bond motifs is 1. The van der Waals surface area contributed by atoms with Gasteiger partial charge in [0.25, 0.3) is 5.91 Å². The lowest BCUT2D eigenvalue weighted by Gasteiger charge is -2.13. The summed E-state index contributed by atoms with van der Waals surface area (Å²) in [5, 5.41) is 12.3. The van der Waals surface area contributed by atoms with Crippen molar-refractivity contribution in [2.45, 2.75) is 11.8 Å². The highest BCUT2D eigenvalue weighted by atomic mass is 79.9. The summed E-state index contributed by atoms with van der Waals surface area (Å²) >= 11 is 8.59. The first-order valence-corrected chi connectivity index (χ1v) is 10.8. The SMILES string of the molecule is CCN1C(=O)C(=NNC(=S)Nc2ccc(S(N)(=O)=O)cc2)c2cc(Br)ccc21. The van der Waals surface area contributed by atoms with Crippen molar-refractivity contribution in [3.05, 3.63) is 52.5 Å². The van der Waals surface area contributed by atoms with Crippen LogP contribution in [-0.2, 0) is 14.8 Å². The molecular weight excluding hydrogens is 466 g/mol. The molecule has 3 rings (SSSR count). The lowest BCUT2D eigenvalue weighted by molar-refractivity contribution is -0.112. The van der Waals surface area contributed by atoms with Crippen LogP contribution in [0.2, 0.25) is 0 Å². The molecule has 4 N–H and O–H groups in total. The van der Waals surface area contributed by atoms with Crippen molar-refractivity contribution in [1.82, 2.24) is 5.43 Å². The number of carbonyl (C=O) groups excluding carboxylic acids is 1. The van der Waals surface area contributed by atoms with Crippen molar-refractivity contribution in [3.8, 4) is 0 Å². The minimum atomic E-state index is -3.76. The zero-order valence-corrected chi connectivity index (χ0v) is 17.9. The number of primary sulfonamides is 1. The van der Waals surface area contributed by atoms with E-state index in [1.54, 1.807) is 4.90 Å². The number of halogens is 1. The molecule has 0 aromatic heterocycles. The van der Waals surface area contributed by atoms with E-state index in [0.717, 1.165) is 10.2 Å². The Morgan fingerprint density at radius 2 is 1.93 bits per heavy atom. The number of nitrogens with one attached hydrogen (secondary N) is 2. The van der Waals surface area contributed by atoms with Gasteiger partial charge >= 0.3 is 0 Å². The molecule has 1 heterocycles. The monoisotopic (exact) mass is 481 g/mol. The van der Waals surface area contributed by atoms with Crippen molar-refractivity contribution >= 4 is 66.3 Å². The summed E-state index contributed by atoms with van der Waals surface area (Å²) in [6, 6.07) is 11.3. The topological polar surface area (TPSA) is 117 Å². The number of nitrogens with zero attached hydrogens (tertiary/aromatic N) is 2. The van der Waals surface area contributed by atoms with Crippen LogP contribution in [0.1, 0.15) is 12.5 Å². The average Bonchev–Trinajstić information content (AvgIpc) is 2.89. The lowest BCUT2D eigenvalue weighted by atomic mass is 10.1. The van der Waals surface area contributed by atoms with Crippen LogP contribution >= 0.6 is 28.1 Å². The van der Waals surface area contributed by atoms with Crippen molar-refractivity contribution in [2.75, 3.05) is 16.8 Å². The molecule has 0 spiro atoms. The van der Waals surface area contributed by atoms with Crippen molar-refractivity contribution in [2.24, 2.45) is 10.2 Å². The Bertz CT molecular complexity index is 1080. The van der Waals surface area contributed by atoms with E-state index >= 15 is 0 Å². The molecule has 2 aromatic rings. The maximum Gasteiger partial charge on any atom is 0.279 e. The number of anilines is 2. The number of sulfonamides is 1. The van der Waals surface area contributed by atoms with Gasteiger partial charge in [0, 0.05) is 22.3 Å². The Morgan fingerprint density at radius 3 is 2.54 bits per heavy atom. The number of likely N-dealkylation sites (N-methyl/N-ethyl adjacent to an activating group) is 1. The number of nitrogens with two attached hydrogens (primary N) is 1. The number of thiocarbonyl (C=S) groups is 1. The van der Waals surface area contributed by atoms with Crippen molar-refractivity contribution < 1.29 is 13.2 Å². The van der Waals surface area contributed by atoms with Crippen LogP contribution in [-0.4, -0.2) is 31.7 Å². The quantitative estimate of drug-likeness (QED) is 0.454. The Hall–Kier alpha value is -2.34. The Kier molecular flexibility index (Phi) is 5.79. The van der Waals surface area contributed by atoms with Gasteiger partial charge in [-0.25, -0.2) is 13.6 Å². The smallest absolute Gasteiger partial charge is 0.279 e. The fourth-order valence-corrected chi connectivity index (χ4v) is 3.74. The van der Waals surface area contributed by atoms with Gasteiger partial charge in [-0.3, -0.25) is 10.2 Å². The summed E-state index contributed by atoms with van der Waals surface area (Å²) in [6.07, 6.45) is 0. The van der Waals surface area contributed by atoms with Gasteiger partial charge in [0.1, 0.15) is 0 Å². The number of rotatable bonds is 4. The molecule has 146 valence electrons. The Morgan fingerprint density at radius 1 is 1.25 bits per heavy atom. The maximum atomic E-state index is 12.6. The summed E-state index contributed by atoms with van der Waals surface area (Å²) in [5.74, 6) is -0.219. The van der Waals surface area contributed by atoms with E-state index in [2.05, 4.69) is 31.8 Å². The average molecular weight is 482 g/mol. The third-order valence-electron chi connectivity index (χ3n) is 3.98. The molecule has 1 aliphatic heterocycles. The molecule has 0 atom stereocenters. The van der Waals surface area contributed by atoms with Gasteiger partial charge in [-0.15, -0.1) is 0 Å². The fourth-order valence-electron chi connectivity index (χ4n) is 2.70. The molecule has 0 unspecified atom stereocenters. The molecule has 0 radical (unpaired) electrons. The molecule has 0 saturated carbocycles. The zero-order chi connectivity index (χ0) is 20.5. The number of hydrogen-bond acceptors (Lipinski definition) is 5. The minimum absolute atomic E-state index is 0.00411. The summed E-state index contributed by atoms with van der Waals surface area (Å²) in [5.41, 5.74) is 4.94.